The van der Waals surface area contributed by atoms with E-state index in [2.05, 4.69) is 5.32 Å². The number of para-hydroxylation sites is 1. The molecular weight excluding hydrogens is 464 g/mol. The summed E-state index contributed by atoms with van der Waals surface area (Å²) in [6.07, 6.45) is 4.37. The minimum atomic E-state index is -3.95. The highest BCUT2D eigenvalue weighted by atomic mass is 35.5. The summed E-state index contributed by atoms with van der Waals surface area (Å²) in [4.78, 5) is 13.1. The zero-order valence-corrected chi connectivity index (χ0v) is 20.8. The summed E-state index contributed by atoms with van der Waals surface area (Å²) in [5, 5.41) is 3.13. The van der Waals surface area contributed by atoms with Crippen molar-refractivity contribution >= 4 is 27.5 Å². The van der Waals surface area contributed by atoms with Gasteiger partial charge in [0, 0.05) is 11.6 Å². The first-order valence-corrected chi connectivity index (χ1v) is 12.9. The molecule has 0 saturated heterocycles. The molecule has 0 aromatic heterocycles. The standard InChI is InChI=1S/C24H31ClN2O5S/c1-17(20-11-7-8-12-22(20)31-2)26-24(28)16-27(18-9-5-4-6-10-18)33(29,30)19-13-14-23(32-3)21(25)15-19/h7-8,11-15,17-18H,4-6,9-10,16H2,1-3H3,(H,26,28)/t17-/m1/s1. The van der Waals surface area contributed by atoms with Gasteiger partial charge < -0.3 is 14.8 Å². The maximum absolute atomic E-state index is 13.6. The number of carbonyl (C=O) groups is 1. The van der Waals surface area contributed by atoms with Gasteiger partial charge in [-0.05, 0) is 44.0 Å². The Morgan fingerprint density at radius 2 is 1.76 bits per heavy atom. The van der Waals surface area contributed by atoms with Gasteiger partial charge in [-0.2, -0.15) is 4.31 Å². The molecule has 180 valence electrons. The van der Waals surface area contributed by atoms with Crippen molar-refractivity contribution in [3.63, 3.8) is 0 Å². The van der Waals surface area contributed by atoms with E-state index in [1.165, 1.54) is 29.6 Å². The molecule has 0 spiro atoms. The maximum Gasteiger partial charge on any atom is 0.243 e. The number of nitrogens with zero attached hydrogens (tertiary/aromatic N) is 1. The highest BCUT2D eigenvalue weighted by Gasteiger charge is 2.34. The molecule has 1 aliphatic carbocycles. The predicted molar refractivity (Wildman–Crippen MR) is 128 cm³/mol. The third-order valence-electron chi connectivity index (χ3n) is 5.99. The van der Waals surface area contributed by atoms with Crippen molar-refractivity contribution in [1.29, 1.82) is 0 Å². The van der Waals surface area contributed by atoms with Crippen LogP contribution >= 0.6 is 11.6 Å². The number of benzene rings is 2. The molecule has 0 radical (unpaired) electrons. The van der Waals surface area contributed by atoms with Crippen LogP contribution in [0.4, 0.5) is 0 Å². The average Bonchev–Trinajstić information content (AvgIpc) is 2.82. The molecule has 0 heterocycles. The van der Waals surface area contributed by atoms with E-state index in [0.29, 0.717) is 11.5 Å². The van der Waals surface area contributed by atoms with Crippen LogP contribution in [0.1, 0.15) is 50.6 Å². The Morgan fingerprint density at radius 3 is 2.39 bits per heavy atom. The molecule has 1 amide bonds. The fourth-order valence-electron chi connectivity index (χ4n) is 4.25. The van der Waals surface area contributed by atoms with Gasteiger partial charge in [-0.25, -0.2) is 8.42 Å². The summed E-state index contributed by atoms with van der Waals surface area (Å²) in [6.45, 7) is 1.58. The van der Waals surface area contributed by atoms with Gasteiger partial charge >= 0.3 is 0 Å². The SMILES string of the molecule is COc1ccc(S(=O)(=O)N(CC(=O)N[C@H](C)c2ccccc2OC)C2CCCCC2)cc1Cl. The Morgan fingerprint density at radius 1 is 1.09 bits per heavy atom. The summed E-state index contributed by atoms with van der Waals surface area (Å²) in [5.41, 5.74) is 0.822. The van der Waals surface area contributed by atoms with Gasteiger partial charge in [0.25, 0.3) is 0 Å². The lowest BCUT2D eigenvalue weighted by Crippen LogP contribution is -2.47. The monoisotopic (exact) mass is 494 g/mol. The molecule has 1 atom stereocenters. The summed E-state index contributed by atoms with van der Waals surface area (Å²) >= 11 is 6.20. The summed E-state index contributed by atoms with van der Waals surface area (Å²) in [6, 6.07) is 11.2. The first-order valence-electron chi connectivity index (χ1n) is 11.1. The highest BCUT2D eigenvalue weighted by Crippen LogP contribution is 2.32. The van der Waals surface area contributed by atoms with E-state index in [1.54, 1.807) is 7.11 Å². The number of nitrogens with one attached hydrogen (secondary N) is 1. The molecule has 1 aliphatic rings. The molecule has 1 N–H and O–H groups in total. The minimum absolute atomic E-state index is 0.0458. The van der Waals surface area contributed by atoms with Crippen LogP contribution in [0.3, 0.4) is 0 Å². The van der Waals surface area contributed by atoms with Gasteiger partial charge in [0.2, 0.25) is 15.9 Å². The van der Waals surface area contributed by atoms with Gasteiger partial charge in [0.15, 0.2) is 0 Å². The number of halogens is 1. The minimum Gasteiger partial charge on any atom is -0.496 e. The highest BCUT2D eigenvalue weighted by molar-refractivity contribution is 7.89. The normalized spacial score (nSPS) is 15.8. The van der Waals surface area contributed by atoms with E-state index in [0.717, 1.165) is 37.7 Å². The first-order chi connectivity index (χ1) is 15.8. The maximum atomic E-state index is 13.6. The van der Waals surface area contributed by atoms with Crippen molar-refractivity contribution in [2.45, 2.75) is 56.0 Å². The van der Waals surface area contributed by atoms with Crippen LogP contribution in [0.15, 0.2) is 47.4 Å². The van der Waals surface area contributed by atoms with Crippen molar-refractivity contribution in [1.82, 2.24) is 9.62 Å². The molecule has 33 heavy (non-hydrogen) atoms. The summed E-state index contributed by atoms with van der Waals surface area (Å²) in [5.74, 6) is 0.681. The van der Waals surface area contributed by atoms with Gasteiger partial charge in [-0.3, -0.25) is 4.79 Å². The van der Waals surface area contributed by atoms with Crippen molar-refractivity contribution in [3.05, 3.63) is 53.1 Å². The van der Waals surface area contributed by atoms with Crippen LogP contribution in [-0.2, 0) is 14.8 Å². The largest absolute Gasteiger partial charge is 0.496 e. The predicted octanol–water partition coefficient (Wildman–Crippen LogP) is 4.56. The second-order valence-corrected chi connectivity index (χ2v) is 10.5. The molecule has 7 nitrogen and oxygen atoms in total. The molecule has 2 aromatic rings. The van der Waals surface area contributed by atoms with Crippen LogP contribution in [0, 0.1) is 0 Å². The Labute approximate surface area is 201 Å². The van der Waals surface area contributed by atoms with Crippen LogP contribution in [0.2, 0.25) is 5.02 Å². The Kier molecular flexibility index (Phi) is 8.62. The number of ether oxygens (including phenoxy) is 2. The number of hydrogen-bond donors (Lipinski definition) is 1. The lowest BCUT2D eigenvalue weighted by molar-refractivity contribution is -0.122. The van der Waals surface area contributed by atoms with E-state index in [-0.39, 0.29) is 34.5 Å². The molecule has 0 bridgehead atoms. The fourth-order valence-corrected chi connectivity index (χ4v) is 6.24. The Hall–Kier alpha value is -2.29. The Balaban J connectivity index is 1.85. The van der Waals surface area contributed by atoms with Gasteiger partial charge in [-0.1, -0.05) is 49.1 Å². The van der Waals surface area contributed by atoms with Gasteiger partial charge in [-0.15, -0.1) is 0 Å². The van der Waals surface area contributed by atoms with Crippen LogP contribution < -0.4 is 14.8 Å². The lowest BCUT2D eigenvalue weighted by Gasteiger charge is -2.33. The number of methoxy groups -OCH3 is 2. The third-order valence-corrected chi connectivity index (χ3v) is 8.18. The molecule has 2 aromatic carbocycles. The molecule has 3 rings (SSSR count). The number of amides is 1. The number of sulfonamides is 1. The second kappa shape index (κ2) is 11.2. The first kappa shape index (κ1) is 25.3. The molecular formula is C24H31ClN2O5S. The molecule has 0 unspecified atom stereocenters. The van der Waals surface area contributed by atoms with Gasteiger partial charge in [0.1, 0.15) is 11.5 Å². The summed E-state index contributed by atoms with van der Waals surface area (Å²) < 4.78 is 39.1. The van der Waals surface area contributed by atoms with E-state index >= 15 is 0 Å². The fraction of sp³-hybridized carbons (Fsp3) is 0.458. The van der Waals surface area contributed by atoms with Crippen LogP contribution in [0.5, 0.6) is 11.5 Å². The van der Waals surface area contributed by atoms with Crippen molar-refractivity contribution in [2.24, 2.45) is 0 Å². The Bertz CT molecular complexity index is 1070. The quantitative estimate of drug-likeness (QED) is 0.552. The zero-order chi connectivity index (χ0) is 24.0. The van der Waals surface area contributed by atoms with E-state index in [9.17, 15) is 13.2 Å². The smallest absolute Gasteiger partial charge is 0.243 e. The number of carbonyl (C=O) groups excluding carboxylic acids is 1. The topological polar surface area (TPSA) is 84.9 Å². The number of hydrogen-bond acceptors (Lipinski definition) is 5. The van der Waals surface area contributed by atoms with Crippen molar-refractivity contribution in [2.75, 3.05) is 20.8 Å². The molecule has 9 heteroatoms. The van der Waals surface area contributed by atoms with E-state index in [4.69, 9.17) is 21.1 Å². The second-order valence-electron chi connectivity index (χ2n) is 8.17. The molecule has 0 aliphatic heterocycles. The zero-order valence-electron chi connectivity index (χ0n) is 19.2. The van der Waals surface area contributed by atoms with E-state index < -0.39 is 10.0 Å². The molecule has 1 saturated carbocycles. The molecule has 1 fully saturated rings. The van der Waals surface area contributed by atoms with Gasteiger partial charge in [0.05, 0.1) is 36.7 Å². The third kappa shape index (κ3) is 5.99. The van der Waals surface area contributed by atoms with E-state index in [1.807, 2.05) is 31.2 Å². The summed E-state index contributed by atoms with van der Waals surface area (Å²) in [7, 11) is -0.905. The van der Waals surface area contributed by atoms with Crippen molar-refractivity contribution < 1.29 is 22.7 Å². The van der Waals surface area contributed by atoms with Crippen molar-refractivity contribution in [3.8, 4) is 11.5 Å². The van der Waals surface area contributed by atoms with Crippen LogP contribution in [0.25, 0.3) is 0 Å². The average molecular weight is 495 g/mol. The van der Waals surface area contributed by atoms with Crippen LogP contribution in [-0.4, -0.2) is 45.4 Å². The lowest BCUT2D eigenvalue weighted by atomic mass is 9.95. The number of rotatable bonds is 9.